The quantitative estimate of drug-likeness (QED) is 0.427. The van der Waals surface area contributed by atoms with E-state index in [2.05, 4.69) is 15.0 Å². The van der Waals surface area contributed by atoms with Crippen LogP contribution in [0.5, 0.6) is 11.5 Å². The molecule has 0 aliphatic carbocycles. The Bertz CT molecular complexity index is 1370. The minimum absolute atomic E-state index is 0.0249. The fourth-order valence-corrected chi connectivity index (χ4v) is 3.18. The molecular formula is C19H15N3O6. The van der Waals surface area contributed by atoms with Gasteiger partial charge < -0.3 is 19.2 Å². The van der Waals surface area contributed by atoms with Crippen LogP contribution in [0.25, 0.3) is 33.4 Å². The Morgan fingerprint density at radius 2 is 1.71 bits per heavy atom. The van der Waals surface area contributed by atoms with E-state index in [1.807, 2.05) is 0 Å². The van der Waals surface area contributed by atoms with Gasteiger partial charge in [0.15, 0.2) is 0 Å². The van der Waals surface area contributed by atoms with E-state index in [4.69, 9.17) is 9.15 Å². The van der Waals surface area contributed by atoms with E-state index in [9.17, 15) is 19.5 Å². The molecule has 0 fully saturated rings. The lowest BCUT2D eigenvalue weighted by molar-refractivity contribution is 0.415. The molecule has 0 atom stereocenters. The number of methoxy groups -OCH3 is 1. The largest absolute Gasteiger partial charge is 0.507 e. The number of aryl methyl sites for hydroxylation is 1. The Labute approximate surface area is 156 Å². The van der Waals surface area contributed by atoms with Gasteiger partial charge in [-0.15, -0.1) is 0 Å². The second-order valence-electron chi connectivity index (χ2n) is 6.17. The van der Waals surface area contributed by atoms with Crippen molar-refractivity contribution in [3.05, 3.63) is 67.4 Å². The van der Waals surface area contributed by atoms with Crippen LogP contribution >= 0.6 is 0 Å². The van der Waals surface area contributed by atoms with Gasteiger partial charge in [-0.1, -0.05) is 0 Å². The Hall–Kier alpha value is -4.01. The molecule has 0 unspecified atom stereocenters. The van der Waals surface area contributed by atoms with Gasteiger partial charge in [0.1, 0.15) is 28.5 Å². The summed E-state index contributed by atoms with van der Waals surface area (Å²) in [5.41, 5.74) is -1.18. The third kappa shape index (κ3) is 2.69. The average Bonchev–Trinajstić information content (AvgIpc) is 3.00. The smallest absolute Gasteiger partial charge is 0.347 e. The summed E-state index contributed by atoms with van der Waals surface area (Å²) in [4.78, 5) is 44.3. The molecule has 9 nitrogen and oxygen atoms in total. The first-order valence-corrected chi connectivity index (χ1v) is 8.26. The number of aromatic amines is 3. The monoisotopic (exact) mass is 381 g/mol. The van der Waals surface area contributed by atoms with E-state index in [-0.39, 0.29) is 33.7 Å². The van der Waals surface area contributed by atoms with Gasteiger partial charge in [0.05, 0.1) is 18.2 Å². The predicted molar refractivity (Wildman–Crippen MR) is 102 cm³/mol. The molecule has 4 aromatic rings. The first kappa shape index (κ1) is 17.4. The van der Waals surface area contributed by atoms with Gasteiger partial charge in [-0.3, -0.25) is 14.8 Å². The highest BCUT2D eigenvalue weighted by atomic mass is 16.5. The van der Waals surface area contributed by atoms with Crippen molar-refractivity contribution in [2.75, 3.05) is 7.11 Å². The third-order valence-electron chi connectivity index (χ3n) is 4.38. The fraction of sp³-hybridized carbons (Fsp3) is 0.105. The number of benzene rings is 1. The SMILES string of the molecule is COc1ccc(-c2[nH]c3[nH]c(=O)[nH]c(=O)c3c2-c2c(O)cc(C)oc2=O)cc1. The maximum absolute atomic E-state index is 12.5. The zero-order chi connectivity index (χ0) is 20.0. The third-order valence-corrected chi connectivity index (χ3v) is 4.38. The first-order valence-electron chi connectivity index (χ1n) is 8.26. The van der Waals surface area contributed by atoms with Crippen molar-refractivity contribution in [3.63, 3.8) is 0 Å². The summed E-state index contributed by atoms with van der Waals surface area (Å²) < 4.78 is 10.3. The van der Waals surface area contributed by atoms with Crippen molar-refractivity contribution < 1.29 is 14.3 Å². The maximum atomic E-state index is 12.5. The van der Waals surface area contributed by atoms with Gasteiger partial charge in [0.2, 0.25) is 0 Å². The van der Waals surface area contributed by atoms with Crippen LogP contribution in [0.4, 0.5) is 0 Å². The summed E-state index contributed by atoms with van der Waals surface area (Å²) in [6.45, 7) is 1.52. The number of hydrogen-bond donors (Lipinski definition) is 4. The van der Waals surface area contributed by atoms with Gasteiger partial charge in [-0.25, -0.2) is 9.59 Å². The van der Waals surface area contributed by atoms with E-state index in [0.717, 1.165) is 0 Å². The Kier molecular flexibility index (Phi) is 3.92. The van der Waals surface area contributed by atoms with Crippen LogP contribution < -0.4 is 21.6 Å². The summed E-state index contributed by atoms with van der Waals surface area (Å²) in [7, 11) is 1.53. The van der Waals surface area contributed by atoms with Crippen LogP contribution in [0, 0.1) is 6.92 Å². The van der Waals surface area contributed by atoms with Gasteiger partial charge in [0, 0.05) is 11.6 Å². The van der Waals surface area contributed by atoms with Crippen molar-refractivity contribution in [1.29, 1.82) is 0 Å². The first-order chi connectivity index (χ1) is 13.4. The standard InChI is InChI=1S/C19H15N3O6/c1-8-7-11(23)12(18(25)28-8)13-14-16(21-19(26)22-17(14)24)20-15(13)9-3-5-10(27-2)6-4-9/h3-7,23H,1-2H3,(H3,20,21,22,24,26). The van der Waals surface area contributed by atoms with Crippen molar-refractivity contribution in [3.8, 4) is 33.9 Å². The zero-order valence-electron chi connectivity index (χ0n) is 14.9. The number of H-pyrrole nitrogens is 3. The minimum Gasteiger partial charge on any atom is -0.507 e. The second kappa shape index (κ2) is 6.31. The fourth-order valence-electron chi connectivity index (χ4n) is 3.18. The van der Waals surface area contributed by atoms with Gasteiger partial charge in [-0.05, 0) is 36.8 Å². The van der Waals surface area contributed by atoms with Gasteiger partial charge >= 0.3 is 11.3 Å². The van der Waals surface area contributed by atoms with E-state index in [1.165, 1.54) is 20.1 Å². The average molecular weight is 381 g/mol. The van der Waals surface area contributed by atoms with Crippen molar-refractivity contribution in [1.82, 2.24) is 15.0 Å². The van der Waals surface area contributed by atoms with Crippen molar-refractivity contribution in [2.45, 2.75) is 6.92 Å². The molecule has 3 aromatic heterocycles. The predicted octanol–water partition coefficient (Wildman–Crippen LogP) is 1.85. The van der Waals surface area contributed by atoms with Crippen LogP contribution in [0.2, 0.25) is 0 Å². The summed E-state index contributed by atoms with van der Waals surface area (Å²) in [6.07, 6.45) is 0. The zero-order valence-corrected chi connectivity index (χ0v) is 14.9. The number of fused-ring (bicyclic) bond motifs is 1. The highest BCUT2D eigenvalue weighted by molar-refractivity contribution is 6.02. The lowest BCUT2D eigenvalue weighted by atomic mass is 9.99. The van der Waals surface area contributed by atoms with E-state index in [1.54, 1.807) is 24.3 Å². The number of aromatic nitrogens is 3. The topological polar surface area (TPSA) is 141 Å². The number of rotatable bonds is 3. The Balaban J connectivity index is 2.15. The molecule has 9 heteroatoms. The minimum atomic E-state index is -0.807. The van der Waals surface area contributed by atoms with E-state index in [0.29, 0.717) is 17.0 Å². The Morgan fingerprint density at radius 1 is 1.00 bits per heavy atom. The molecule has 142 valence electrons. The summed E-state index contributed by atoms with van der Waals surface area (Å²) in [6, 6.07) is 8.12. The molecule has 28 heavy (non-hydrogen) atoms. The maximum Gasteiger partial charge on any atom is 0.347 e. The molecule has 3 heterocycles. The van der Waals surface area contributed by atoms with Crippen molar-refractivity contribution in [2.24, 2.45) is 0 Å². The molecule has 4 rings (SSSR count). The molecule has 0 saturated carbocycles. The normalized spacial score (nSPS) is 11.1. The number of aromatic hydroxyl groups is 1. The number of hydrogen-bond acceptors (Lipinski definition) is 6. The summed E-state index contributed by atoms with van der Waals surface area (Å²) >= 11 is 0. The number of nitrogens with one attached hydrogen (secondary N) is 3. The van der Waals surface area contributed by atoms with Gasteiger partial charge in [0.25, 0.3) is 5.56 Å². The molecule has 0 radical (unpaired) electrons. The molecule has 0 aliphatic rings. The van der Waals surface area contributed by atoms with Crippen LogP contribution in [-0.2, 0) is 0 Å². The number of ether oxygens (including phenoxy) is 1. The molecule has 0 saturated heterocycles. The summed E-state index contributed by atoms with van der Waals surface area (Å²) in [5.74, 6) is 0.500. The molecular weight excluding hydrogens is 366 g/mol. The van der Waals surface area contributed by atoms with Gasteiger partial charge in [-0.2, -0.15) is 0 Å². The summed E-state index contributed by atoms with van der Waals surface area (Å²) in [5, 5.41) is 10.4. The molecule has 4 N–H and O–H groups in total. The molecule has 0 aliphatic heterocycles. The molecule has 0 bridgehead atoms. The van der Waals surface area contributed by atoms with Crippen molar-refractivity contribution >= 4 is 11.0 Å². The highest BCUT2D eigenvalue weighted by Crippen LogP contribution is 2.38. The van der Waals surface area contributed by atoms with E-state index < -0.39 is 16.9 Å². The lowest BCUT2D eigenvalue weighted by Gasteiger charge is -2.07. The molecule has 1 aromatic carbocycles. The van der Waals surface area contributed by atoms with Crippen LogP contribution in [0.1, 0.15) is 5.76 Å². The van der Waals surface area contributed by atoms with Crippen LogP contribution in [0.3, 0.4) is 0 Å². The lowest BCUT2D eigenvalue weighted by Crippen LogP contribution is -2.21. The molecule has 0 spiro atoms. The Morgan fingerprint density at radius 3 is 2.36 bits per heavy atom. The second-order valence-corrected chi connectivity index (χ2v) is 6.17. The van der Waals surface area contributed by atoms with E-state index >= 15 is 0 Å². The van der Waals surface area contributed by atoms with Crippen LogP contribution in [0.15, 0.2) is 49.1 Å². The molecule has 0 amide bonds. The van der Waals surface area contributed by atoms with Crippen LogP contribution in [-0.4, -0.2) is 27.2 Å². The highest BCUT2D eigenvalue weighted by Gasteiger charge is 2.24.